The summed E-state index contributed by atoms with van der Waals surface area (Å²) in [6.45, 7) is 0.401. The van der Waals surface area contributed by atoms with Crippen molar-refractivity contribution in [2.24, 2.45) is 7.05 Å². The molecule has 0 aliphatic heterocycles. The number of imidazole rings is 1. The first-order valence-corrected chi connectivity index (χ1v) is 11.7. The monoisotopic (exact) mass is 478 g/mol. The summed E-state index contributed by atoms with van der Waals surface area (Å²) in [4.78, 5) is 29.1. The molecule has 3 aromatic carbocycles. The van der Waals surface area contributed by atoms with Gasteiger partial charge in [-0.2, -0.15) is 5.10 Å². The van der Waals surface area contributed by atoms with Gasteiger partial charge in [-0.1, -0.05) is 42.5 Å². The van der Waals surface area contributed by atoms with Crippen LogP contribution in [0.2, 0.25) is 0 Å². The highest BCUT2D eigenvalue weighted by molar-refractivity contribution is 5.97. The number of carbonyl (C=O) groups is 2. The van der Waals surface area contributed by atoms with Crippen LogP contribution in [0.25, 0.3) is 16.7 Å². The maximum absolute atomic E-state index is 12.8. The standard InChI is InChI=1S/C28H26N6O2/c1-29-27(35)21-10-13-25-24(15-21)31-18-34(25)23-11-8-20(9-12-23)17-30-28(36)26-16-22(32-33(26)2)14-19-6-4-3-5-7-19/h3-13,15-16,18H,14,17H2,1-2H3,(H,29,35)(H,30,36). The highest BCUT2D eigenvalue weighted by Crippen LogP contribution is 2.20. The van der Waals surface area contributed by atoms with Crippen LogP contribution in [0.15, 0.2) is 85.2 Å². The molecule has 0 atom stereocenters. The van der Waals surface area contributed by atoms with Crippen molar-refractivity contribution in [1.82, 2.24) is 30.0 Å². The second-order valence-electron chi connectivity index (χ2n) is 8.55. The van der Waals surface area contributed by atoms with Crippen molar-refractivity contribution in [3.63, 3.8) is 0 Å². The van der Waals surface area contributed by atoms with Crippen molar-refractivity contribution < 1.29 is 9.59 Å². The molecule has 2 amide bonds. The molecule has 0 radical (unpaired) electrons. The first-order chi connectivity index (χ1) is 17.5. The Morgan fingerprint density at radius 3 is 2.42 bits per heavy atom. The Kier molecular flexibility index (Phi) is 6.32. The van der Waals surface area contributed by atoms with Gasteiger partial charge in [0.1, 0.15) is 12.0 Å². The van der Waals surface area contributed by atoms with Gasteiger partial charge in [0.15, 0.2) is 0 Å². The minimum atomic E-state index is -0.166. The lowest BCUT2D eigenvalue weighted by Gasteiger charge is -2.08. The second kappa shape index (κ2) is 9.87. The lowest BCUT2D eigenvalue weighted by Crippen LogP contribution is -2.25. The SMILES string of the molecule is CNC(=O)c1ccc2c(c1)ncn2-c1ccc(CNC(=O)c2cc(Cc3ccccc3)nn2C)cc1. The second-order valence-corrected chi connectivity index (χ2v) is 8.55. The first-order valence-electron chi connectivity index (χ1n) is 11.7. The minimum absolute atomic E-state index is 0.142. The summed E-state index contributed by atoms with van der Waals surface area (Å²) in [7, 11) is 3.39. The van der Waals surface area contributed by atoms with E-state index in [-0.39, 0.29) is 11.8 Å². The van der Waals surface area contributed by atoms with Crippen molar-refractivity contribution in [2.75, 3.05) is 7.05 Å². The molecular formula is C28H26N6O2. The Labute approximate surface area is 208 Å². The first kappa shape index (κ1) is 23.0. The summed E-state index contributed by atoms with van der Waals surface area (Å²) in [5.74, 6) is -0.308. The van der Waals surface area contributed by atoms with Gasteiger partial charge < -0.3 is 10.6 Å². The Morgan fingerprint density at radius 2 is 1.67 bits per heavy atom. The van der Waals surface area contributed by atoms with E-state index in [1.165, 1.54) is 0 Å². The predicted molar refractivity (Wildman–Crippen MR) is 138 cm³/mol. The Hall–Kier alpha value is -4.72. The van der Waals surface area contributed by atoms with Crippen LogP contribution in [-0.4, -0.2) is 38.2 Å². The highest BCUT2D eigenvalue weighted by atomic mass is 16.2. The Bertz CT molecular complexity index is 1530. The average Bonchev–Trinajstić information content (AvgIpc) is 3.50. The van der Waals surface area contributed by atoms with Gasteiger partial charge in [-0.05, 0) is 47.5 Å². The van der Waals surface area contributed by atoms with Crippen molar-refractivity contribution in [1.29, 1.82) is 0 Å². The molecule has 8 nitrogen and oxygen atoms in total. The van der Waals surface area contributed by atoms with Crippen LogP contribution >= 0.6 is 0 Å². The van der Waals surface area contributed by atoms with Crippen molar-refractivity contribution in [2.45, 2.75) is 13.0 Å². The zero-order chi connectivity index (χ0) is 25.1. The number of carbonyl (C=O) groups excluding carboxylic acids is 2. The molecule has 2 N–H and O–H groups in total. The van der Waals surface area contributed by atoms with Gasteiger partial charge in [0.05, 0.1) is 16.7 Å². The molecule has 8 heteroatoms. The average molecular weight is 479 g/mol. The van der Waals surface area contributed by atoms with E-state index in [2.05, 4.69) is 20.7 Å². The molecule has 0 saturated heterocycles. The Morgan fingerprint density at radius 1 is 0.889 bits per heavy atom. The van der Waals surface area contributed by atoms with E-state index in [0.29, 0.717) is 24.2 Å². The van der Waals surface area contributed by atoms with Gasteiger partial charge in [0, 0.05) is 38.3 Å². The number of benzene rings is 3. The molecule has 2 aromatic heterocycles. The maximum Gasteiger partial charge on any atom is 0.269 e. The summed E-state index contributed by atoms with van der Waals surface area (Å²) >= 11 is 0. The number of fused-ring (bicyclic) bond motifs is 1. The summed E-state index contributed by atoms with van der Waals surface area (Å²) in [5, 5.41) is 10.1. The molecule has 0 aliphatic carbocycles. The third kappa shape index (κ3) is 4.74. The Balaban J connectivity index is 1.24. The molecule has 2 heterocycles. The van der Waals surface area contributed by atoms with Crippen LogP contribution in [0.3, 0.4) is 0 Å². The molecule has 0 unspecified atom stereocenters. The van der Waals surface area contributed by atoms with Crippen LogP contribution in [0.5, 0.6) is 0 Å². The van der Waals surface area contributed by atoms with Crippen LogP contribution in [-0.2, 0) is 20.0 Å². The number of aryl methyl sites for hydroxylation is 1. The van der Waals surface area contributed by atoms with Crippen LogP contribution < -0.4 is 10.6 Å². The molecule has 180 valence electrons. The number of amides is 2. The van der Waals surface area contributed by atoms with Gasteiger partial charge in [-0.25, -0.2) is 4.98 Å². The van der Waals surface area contributed by atoms with Gasteiger partial charge in [-0.3, -0.25) is 18.8 Å². The largest absolute Gasteiger partial charge is 0.355 e. The number of aromatic nitrogens is 4. The molecule has 0 aliphatic rings. The zero-order valence-electron chi connectivity index (χ0n) is 20.1. The van der Waals surface area contributed by atoms with E-state index < -0.39 is 0 Å². The van der Waals surface area contributed by atoms with Gasteiger partial charge in [0.25, 0.3) is 11.8 Å². The topological polar surface area (TPSA) is 93.8 Å². The number of hydrogen-bond acceptors (Lipinski definition) is 4. The molecule has 5 rings (SSSR count). The molecule has 36 heavy (non-hydrogen) atoms. The van der Waals surface area contributed by atoms with Crippen molar-refractivity contribution in [3.8, 4) is 5.69 Å². The molecular weight excluding hydrogens is 452 g/mol. The summed E-state index contributed by atoms with van der Waals surface area (Å²) in [5.41, 5.74) is 6.68. The number of rotatable bonds is 7. The molecule has 0 bridgehead atoms. The van der Waals surface area contributed by atoms with Crippen molar-refractivity contribution >= 4 is 22.8 Å². The normalized spacial score (nSPS) is 10.9. The minimum Gasteiger partial charge on any atom is -0.355 e. The third-order valence-electron chi connectivity index (χ3n) is 6.10. The fourth-order valence-corrected chi connectivity index (χ4v) is 4.18. The van der Waals surface area contributed by atoms with Crippen LogP contribution in [0.4, 0.5) is 0 Å². The number of hydrogen-bond donors (Lipinski definition) is 2. The van der Waals surface area contributed by atoms with Crippen molar-refractivity contribution in [3.05, 3.63) is 113 Å². The third-order valence-corrected chi connectivity index (χ3v) is 6.10. The zero-order valence-corrected chi connectivity index (χ0v) is 20.1. The van der Waals surface area contributed by atoms with E-state index in [1.54, 1.807) is 37.2 Å². The lowest BCUT2D eigenvalue weighted by atomic mass is 10.1. The quantitative estimate of drug-likeness (QED) is 0.374. The predicted octanol–water partition coefficient (Wildman–Crippen LogP) is 3.64. The summed E-state index contributed by atoms with van der Waals surface area (Å²) < 4.78 is 3.59. The molecule has 0 fully saturated rings. The van der Waals surface area contributed by atoms with E-state index in [4.69, 9.17) is 0 Å². The fraction of sp³-hybridized carbons (Fsp3) is 0.143. The van der Waals surface area contributed by atoms with Crippen LogP contribution in [0.1, 0.15) is 37.7 Å². The van der Waals surface area contributed by atoms with E-state index in [9.17, 15) is 9.59 Å². The van der Waals surface area contributed by atoms with Gasteiger partial charge >= 0.3 is 0 Å². The summed E-state index contributed by atoms with van der Waals surface area (Å²) in [6.07, 6.45) is 2.42. The fourth-order valence-electron chi connectivity index (χ4n) is 4.18. The van der Waals surface area contributed by atoms with E-state index in [1.807, 2.05) is 71.3 Å². The van der Waals surface area contributed by atoms with Gasteiger partial charge in [-0.15, -0.1) is 0 Å². The highest BCUT2D eigenvalue weighted by Gasteiger charge is 2.14. The van der Waals surface area contributed by atoms with Gasteiger partial charge in [0.2, 0.25) is 0 Å². The van der Waals surface area contributed by atoms with E-state index in [0.717, 1.165) is 33.5 Å². The lowest BCUT2D eigenvalue weighted by molar-refractivity contribution is 0.0939. The summed E-state index contributed by atoms with van der Waals surface area (Å²) in [6, 6.07) is 25.3. The number of nitrogens with zero attached hydrogens (tertiary/aromatic N) is 4. The molecule has 0 saturated carbocycles. The molecule has 5 aromatic rings. The van der Waals surface area contributed by atoms with Crippen LogP contribution in [0, 0.1) is 0 Å². The number of nitrogens with one attached hydrogen (secondary N) is 2. The smallest absolute Gasteiger partial charge is 0.269 e. The van der Waals surface area contributed by atoms with E-state index >= 15 is 0 Å². The molecule has 0 spiro atoms. The maximum atomic E-state index is 12.8.